The lowest BCUT2D eigenvalue weighted by Gasteiger charge is -2.29. The number of aromatic nitrogens is 2. The van der Waals surface area contributed by atoms with E-state index in [1.54, 1.807) is 13.3 Å². The van der Waals surface area contributed by atoms with E-state index in [-0.39, 0.29) is 12.1 Å². The molecule has 9 heteroatoms. The van der Waals surface area contributed by atoms with Crippen LogP contribution in [0.2, 0.25) is 5.02 Å². The van der Waals surface area contributed by atoms with Gasteiger partial charge in [0, 0.05) is 45.9 Å². The highest BCUT2D eigenvalue weighted by Crippen LogP contribution is 2.37. The van der Waals surface area contributed by atoms with Gasteiger partial charge in [-0.15, -0.1) is 0 Å². The predicted octanol–water partition coefficient (Wildman–Crippen LogP) is 4.23. The second-order valence-electron chi connectivity index (χ2n) is 7.87. The molecule has 31 heavy (non-hydrogen) atoms. The van der Waals surface area contributed by atoms with Gasteiger partial charge in [-0.1, -0.05) is 29.8 Å². The second-order valence-corrected chi connectivity index (χ2v) is 10.1. The van der Waals surface area contributed by atoms with E-state index in [2.05, 4.69) is 20.0 Å². The van der Waals surface area contributed by atoms with E-state index in [0.717, 1.165) is 47.7 Å². The van der Waals surface area contributed by atoms with Crippen molar-refractivity contribution < 1.29 is 13.2 Å². The first-order valence-corrected chi connectivity index (χ1v) is 12.4. The number of nitrogens with one attached hydrogen (secondary N) is 2. The van der Waals surface area contributed by atoms with Crippen LogP contribution in [0.3, 0.4) is 0 Å². The number of halogens is 1. The minimum Gasteiger partial charge on any atom is -0.496 e. The molecule has 0 spiro atoms. The zero-order valence-electron chi connectivity index (χ0n) is 17.4. The first-order chi connectivity index (χ1) is 14.8. The monoisotopic (exact) mass is 460 g/mol. The molecule has 0 amide bonds. The Balaban J connectivity index is 1.53. The number of benzene rings is 2. The van der Waals surface area contributed by atoms with Gasteiger partial charge in [-0.05, 0) is 37.8 Å². The molecular formula is C22H25ClN4O3S. The number of sulfonamides is 1. The van der Waals surface area contributed by atoms with Crippen LogP contribution < -0.4 is 14.8 Å². The SMILES string of the molecule is COc1cc2nc(N[C@H]3CC[C@H](NS(C)(=O)=O)CC3)ncc2cc1-c1ccccc1Cl. The maximum atomic E-state index is 11.4. The molecule has 164 valence electrons. The van der Waals surface area contributed by atoms with Gasteiger partial charge in [-0.2, -0.15) is 0 Å². The summed E-state index contributed by atoms with van der Waals surface area (Å²) in [6.07, 6.45) is 6.26. The number of rotatable bonds is 6. The van der Waals surface area contributed by atoms with E-state index >= 15 is 0 Å². The van der Waals surface area contributed by atoms with E-state index in [1.165, 1.54) is 6.26 Å². The standard InChI is InChI=1S/C22H25ClN4O3S/c1-30-21-12-20-14(11-18(21)17-5-3-4-6-19(17)23)13-24-22(26-20)25-15-7-9-16(10-8-15)27-31(2,28)29/h3-6,11-13,15-16,27H,7-10H2,1-2H3,(H,24,25,26)/t15-,16-. The topological polar surface area (TPSA) is 93.2 Å². The molecule has 1 aliphatic carbocycles. The summed E-state index contributed by atoms with van der Waals surface area (Å²) >= 11 is 6.38. The lowest BCUT2D eigenvalue weighted by Crippen LogP contribution is -2.39. The van der Waals surface area contributed by atoms with Crippen molar-refractivity contribution in [3.05, 3.63) is 47.6 Å². The first kappa shape index (κ1) is 21.8. The number of nitrogens with zero attached hydrogens (tertiary/aromatic N) is 2. The maximum Gasteiger partial charge on any atom is 0.223 e. The Hall–Kier alpha value is -2.42. The zero-order chi connectivity index (χ0) is 22.0. The summed E-state index contributed by atoms with van der Waals surface area (Å²) in [5, 5.41) is 4.93. The second kappa shape index (κ2) is 8.98. The summed E-state index contributed by atoms with van der Waals surface area (Å²) < 4.78 is 31.1. The Morgan fingerprint density at radius 1 is 1.06 bits per heavy atom. The molecule has 1 fully saturated rings. The van der Waals surface area contributed by atoms with E-state index in [4.69, 9.17) is 16.3 Å². The summed E-state index contributed by atoms with van der Waals surface area (Å²) in [6.45, 7) is 0. The van der Waals surface area contributed by atoms with Crippen LogP contribution in [0, 0.1) is 0 Å². The molecule has 1 aliphatic rings. The Morgan fingerprint density at radius 3 is 2.45 bits per heavy atom. The Morgan fingerprint density at radius 2 is 1.77 bits per heavy atom. The fraction of sp³-hybridized carbons (Fsp3) is 0.364. The van der Waals surface area contributed by atoms with Crippen molar-refractivity contribution in [1.82, 2.24) is 14.7 Å². The molecule has 0 aliphatic heterocycles. The highest BCUT2D eigenvalue weighted by Gasteiger charge is 2.23. The molecule has 0 atom stereocenters. The van der Waals surface area contributed by atoms with Gasteiger partial charge in [0.05, 0.1) is 18.9 Å². The third-order valence-electron chi connectivity index (χ3n) is 5.51. The van der Waals surface area contributed by atoms with Gasteiger partial charge < -0.3 is 10.1 Å². The van der Waals surface area contributed by atoms with Crippen molar-refractivity contribution in [1.29, 1.82) is 0 Å². The van der Waals surface area contributed by atoms with Crippen molar-refractivity contribution in [3.8, 4) is 16.9 Å². The Kier molecular flexibility index (Phi) is 6.31. The normalized spacial score (nSPS) is 19.3. The van der Waals surface area contributed by atoms with Crippen LogP contribution in [0.25, 0.3) is 22.0 Å². The average molecular weight is 461 g/mol. The molecule has 2 aromatic carbocycles. The summed E-state index contributed by atoms with van der Waals surface area (Å²) in [7, 11) is -1.54. The van der Waals surface area contributed by atoms with Crippen molar-refractivity contribution in [2.45, 2.75) is 37.8 Å². The van der Waals surface area contributed by atoms with Crippen molar-refractivity contribution >= 4 is 38.5 Å². The van der Waals surface area contributed by atoms with Crippen LogP contribution in [-0.2, 0) is 10.0 Å². The average Bonchev–Trinajstić information content (AvgIpc) is 2.73. The molecule has 0 unspecified atom stereocenters. The van der Waals surface area contributed by atoms with E-state index in [1.807, 2.05) is 36.4 Å². The van der Waals surface area contributed by atoms with Crippen LogP contribution in [0.15, 0.2) is 42.6 Å². The molecule has 0 saturated heterocycles. The van der Waals surface area contributed by atoms with Gasteiger partial charge in [0.2, 0.25) is 16.0 Å². The Bertz CT molecular complexity index is 1190. The molecule has 2 N–H and O–H groups in total. The van der Waals surface area contributed by atoms with Crippen LogP contribution in [-0.4, -0.2) is 43.8 Å². The minimum atomic E-state index is -3.17. The third kappa shape index (κ3) is 5.26. The smallest absolute Gasteiger partial charge is 0.223 e. The van der Waals surface area contributed by atoms with Gasteiger partial charge >= 0.3 is 0 Å². The van der Waals surface area contributed by atoms with E-state index in [0.29, 0.717) is 16.7 Å². The van der Waals surface area contributed by atoms with Gasteiger partial charge in [0.1, 0.15) is 5.75 Å². The predicted molar refractivity (Wildman–Crippen MR) is 124 cm³/mol. The summed E-state index contributed by atoms with van der Waals surface area (Å²) in [5.41, 5.74) is 2.56. The third-order valence-corrected chi connectivity index (χ3v) is 6.60. The number of ether oxygens (including phenoxy) is 1. The lowest BCUT2D eigenvalue weighted by atomic mass is 9.92. The van der Waals surface area contributed by atoms with Gasteiger partial charge in [0.15, 0.2) is 0 Å². The number of fused-ring (bicyclic) bond motifs is 1. The van der Waals surface area contributed by atoms with Crippen LogP contribution in [0.5, 0.6) is 5.75 Å². The summed E-state index contributed by atoms with van der Waals surface area (Å²) in [5.74, 6) is 1.25. The molecule has 7 nitrogen and oxygen atoms in total. The first-order valence-electron chi connectivity index (χ1n) is 10.2. The van der Waals surface area contributed by atoms with Crippen molar-refractivity contribution in [2.75, 3.05) is 18.7 Å². The maximum absolute atomic E-state index is 11.4. The Labute approximate surface area is 187 Å². The molecule has 1 heterocycles. The van der Waals surface area contributed by atoms with Gasteiger partial charge in [-0.3, -0.25) is 0 Å². The van der Waals surface area contributed by atoms with Gasteiger partial charge in [0.25, 0.3) is 0 Å². The molecule has 1 aromatic heterocycles. The number of methoxy groups -OCH3 is 1. The fourth-order valence-electron chi connectivity index (χ4n) is 4.03. The summed E-state index contributed by atoms with van der Waals surface area (Å²) in [6, 6.07) is 11.7. The van der Waals surface area contributed by atoms with E-state index in [9.17, 15) is 8.42 Å². The van der Waals surface area contributed by atoms with Crippen molar-refractivity contribution in [2.24, 2.45) is 0 Å². The number of hydrogen-bond acceptors (Lipinski definition) is 6. The van der Waals surface area contributed by atoms with Crippen LogP contribution >= 0.6 is 11.6 Å². The number of hydrogen-bond donors (Lipinski definition) is 2. The molecule has 0 radical (unpaired) electrons. The quantitative estimate of drug-likeness (QED) is 0.571. The van der Waals surface area contributed by atoms with Crippen molar-refractivity contribution in [3.63, 3.8) is 0 Å². The highest BCUT2D eigenvalue weighted by atomic mass is 35.5. The largest absolute Gasteiger partial charge is 0.496 e. The molecular weight excluding hydrogens is 436 g/mol. The minimum absolute atomic E-state index is 0.00179. The molecule has 3 aromatic rings. The molecule has 4 rings (SSSR count). The zero-order valence-corrected chi connectivity index (χ0v) is 19.0. The number of anilines is 1. The molecule has 0 bridgehead atoms. The van der Waals surface area contributed by atoms with E-state index < -0.39 is 10.0 Å². The molecule has 1 saturated carbocycles. The van der Waals surface area contributed by atoms with Crippen LogP contribution in [0.1, 0.15) is 25.7 Å². The lowest BCUT2D eigenvalue weighted by molar-refractivity contribution is 0.387. The highest BCUT2D eigenvalue weighted by molar-refractivity contribution is 7.88. The van der Waals surface area contributed by atoms with Gasteiger partial charge in [-0.25, -0.2) is 23.1 Å². The van der Waals surface area contributed by atoms with Crippen LogP contribution in [0.4, 0.5) is 5.95 Å². The fourth-order valence-corrected chi connectivity index (χ4v) is 5.11. The summed E-state index contributed by atoms with van der Waals surface area (Å²) in [4.78, 5) is 9.15.